The van der Waals surface area contributed by atoms with Gasteiger partial charge in [-0.15, -0.1) is 0 Å². The second kappa shape index (κ2) is 10.4. The maximum Gasteiger partial charge on any atom is 0.408 e. The molecule has 0 fully saturated rings. The van der Waals surface area contributed by atoms with Crippen molar-refractivity contribution in [3.05, 3.63) is 65.5 Å². The number of rotatable bonds is 7. The molecule has 7 nitrogen and oxygen atoms in total. The number of hydrogen-bond acceptors (Lipinski definition) is 4. The highest BCUT2D eigenvalue weighted by Crippen LogP contribution is 2.15. The van der Waals surface area contributed by atoms with Gasteiger partial charge in [0.25, 0.3) is 0 Å². The quantitative estimate of drug-likeness (QED) is 0.647. The summed E-state index contributed by atoms with van der Waals surface area (Å²) < 4.78 is 18.3. The van der Waals surface area contributed by atoms with E-state index < -0.39 is 23.4 Å². The molecule has 0 unspecified atom stereocenters. The Morgan fingerprint density at radius 3 is 2.40 bits per heavy atom. The number of hydrogen-bond donors (Lipinski definition) is 3. The van der Waals surface area contributed by atoms with E-state index in [0.717, 1.165) is 0 Å². The summed E-state index contributed by atoms with van der Waals surface area (Å²) >= 11 is 0. The number of ether oxygens (including phenoxy) is 1. The number of halogens is 1. The Hall–Kier alpha value is -3.42. The van der Waals surface area contributed by atoms with Crippen LogP contribution in [-0.2, 0) is 27.3 Å². The van der Waals surface area contributed by atoms with Gasteiger partial charge in [-0.1, -0.05) is 30.3 Å². The SMILES string of the molecule is CC(C)(C)OC(=O)NCC(=O)Nc1ccccc1CNC(=O)Cc1cccc(F)c1. The van der Waals surface area contributed by atoms with E-state index in [2.05, 4.69) is 16.0 Å². The third-order valence-electron chi connectivity index (χ3n) is 3.81. The smallest absolute Gasteiger partial charge is 0.408 e. The third-order valence-corrected chi connectivity index (χ3v) is 3.81. The van der Waals surface area contributed by atoms with Crippen molar-refractivity contribution in [2.24, 2.45) is 0 Å². The standard InChI is InChI=1S/C22H26FN3O4/c1-22(2,3)30-21(29)25-14-20(28)26-18-10-5-4-8-16(18)13-24-19(27)12-15-7-6-9-17(23)11-15/h4-11H,12-14H2,1-3H3,(H,24,27)(H,25,29)(H,26,28). The summed E-state index contributed by atoms with van der Waals surface area (Å²) in [5.41, 5.74) is 1.12. The van der Waals surface area contributed by atoms with Crippen LogP contribution >= 0.6 is 0 Å². The fourth-order valence-electron chi connectivity index (χ4n) is 2.55. The summed E-state index contributed by atoms with van der Waals surface area (Å²) in [6, 6.07) is 12.8. The first-order valence-corrected chi connectivity index (χ1v) is 9.48. The summed E-state index contributed by atoms with van der Waals surface area (Å²) in [6.07, 6.45) is -0.637. The molecule has 0 aromatic heterocycles. The molecule has 8 heteroatoms. The number of para-hydroxylation sites is 1. The van der Waals surface area contributed by atoms with Gasteiger partial charge in [0.2, 0.25) is 11.8 Å². The zero-order valence-electron chi connectivity index (χ0n) is 17.3. The first-order valence-electron chi connectivity index (χ1n) is 9.48. The van der Waals surface area contributed by atoms with Crippen LogP contribution < -0.4 is 16.0 Å². The molecule has 0 aliphatic rings. The monoisotopic (exact) mass is 415 g/mol. The first kappa shape index (κ1) is 22.9. The molecule has 0 saturated heterocycles. The lowest BCUT2D eigenvalue weighted by molar-refractivity contribution is -0.120. The number of amides is 3. The van der Waals surface area contributed by atoms with Crippen molar-refractivity contribution in [1.29, 1.82) is 0 Å². The number of carbonyl (C=O) groups is 3. The summed E-state index contributed by atoms with van der Waals surface area (Å²) in [7, 11) is 0. The molecule has 30 heavy (non-hydrogen) atoms. The van der Waals surface area contributed by atoms with Crippen molar-refractivity contribution >= 4 is 23.6 Å². The number of carbonyl (C=O) groups excluding carboxylic acids is 3. The van der Waals surface area contributed by atoms with Crippen LogP contribution in [0.15, 0.2) is 48.5 Å². The van der Waals surface area contributed by atoms with Crippen LogP contribution in [0.4, 0.5) is 14.9 Å². The third kappa shape index (κ3) is 8.30. The van der Waals surface area contributed by atoms with Gasteiger partial charge in [-0.25, -0.2) is 9.18 Å². The van der Waals surface area contributed by atoms with Crippen molar-refractivity contribution < 1.29 is 23.5 Å². The fraction of sp³-hybridized carbons (Fsp3) is 0.318. The first-order chi connectivity index (χ1) is 14.1. The predicted octanol–water partition coefficient (Wildman–Crippen LogP) is 3.15. The molecule has 3 N–H and O–H groups in total. The van der Waals surface area contributed by atoms with Gasteiger partial charge in [0, 0.05) is 12.2 Å². The molecule has 0 spiro atoms. The van der Waals surface area contributed by atoms with Crippen LogP contribution in [0.25, 0.3) is 0 Å². The van der Waals surface area contributed by atoms with Gasteiger partial charge in [-0.05, 0) is 50.1 Å². The highest BCUT2D eigenvalue weighted by Gasteiger charge is 2.17. The molecule has 3 amide bonds. The molecular weight excluding hydrogens is 389 g/mol. The lowest BCUT2D eigenvalue weighted by Gasteiger charge is -2.19. The van der Waals surface area contributed by atoms with Crippen molar-refractivity contribution in [2.75, 3.05) is 11.9 Å². The van der Waals surface area contributed by atoms with Gasteiger partial charge in [0.05, 0.1) is 6.42 Å². The van der Waals surface area contributed by atoms with Gasteiger partial charge in [-0.3, -0.25) is 9.59 Å². The zero-order chi connectivity index (χ0) is 22.1. The van der Waals surface area contributed by atoms with Crippen LogP contribution in [0, 0.1) is 5.82 Å². The molecule has 2 rings (SSSR count). The summed E-state index contributed by atoms with van der Waals surface area (Å²) in [5, 5.41) is 7.84. The number of benzene rings is 2. The minimum atomic E-state index is -0.685. The Balaban J connectivity index is 1.87. The second-order valence-electron chi connectivity index (χ2n) is 7.64. The summed E-state index contributed by atoms with van der Waals surface area (Å²) in [6.45, 7) is 5.11. The molecule has 0 heterocycles. The normalized spacial score (nSPS) is 10.8. The fourth-order valence-corrected chi connectivity index (χ4v) is 2.55. The Labute approximate surface area is 175 Å². The molecular formula is C22H26FN3O4. The van der Waals surface area contributed by atoms with Crippen LogP contribution in [0.1, 0.15) is 31.9 Å². The van der Waals surface area contributed by atoms with E-state index in [1.165, 1.54) is 12.1 Å². The number of alkyl carbamates (subject to hydrolysis) is 1. The van der Waals surface area contributed by atoms with E-state index in [1.54, 1.807) is 57.2 Å². The Morgan fingerprint density at radius 1 is 0.967 bits per heavy atom. The van der Waals surface area contributed by atoms with Gasteiger partial charge in [0.1, 0.15) is 18.0 Å². The average molecular weight is 415 g/mol. The van der Waals surface area contributed by atoms with E-state index >= 15 is 0 Å². The minimum absolute atomic E-state index is 0.0477. The van der Waals surface area contributed by atoms with Gasteiger partial charge < -0.3 is 20.7 Å². The molecule has 0 aliphatic heterocycles. The van der Waals surface area contributed by atoms with E-state index in [-0.39, 0.29) is 25.4 Å². The molecule has 2 aromatic rings. The molecule has 160 valence electrons. The molecule has 0 bridgehead atoms. The van der Waals surface area contributed by atoms with E-state index in [1.807, 2.05) is 0 Å². The Bertz CT molecular complexity index is 909. The van der Waals surface area contributed by atoms with Crippen LogP contribution in [-0.4, -0.2) is 30.1 Å². The maximum absolute atomic E-state index is 13.2. The van der Waals surface area contributed by atoms with Gasteiger partial charge in [0.15, 0.2) is 0 Å². The molecule has 2 aromatic carbocycles. The topological polar surface area (TPSA) is 96.5 Å². The van der Waals surface area contributed by atoms with Crippen molar-refractivity contribution in [3.8, 4) is 0 Å². The molecule has 0 saturated carbocycles. The highest BCUT2D eigenvalue weighted by atomic mass is 19.1. The number of anilines is 1. The minimum Gasteiger partial charge on any atom is -0.444 e. The largest absolute Gasteiger partial charge is 0.444 e. The Morgan fingerprint density at radius 2 is 1.70 bits per heavy atom. The van der Waals surface area contributed by atoms with E-state index in [0.29, 0.717) is 16.8 Å². The van der Waals surface area contributed by atoms with Crippen molar-refractivity contribution in [1.82, 2.24) is 10.6 Å². The van der Waals surface area contributed by atoms with Crippen LogP contribution in [0.3, 0.4) is 0 Å². The van der Waals surface area contributed by atoms with Gasteiger partial charge in [-0.2, -0.15) is 0 Å². The van der Waals surface area contributed by atoms with Crippen LogP contribution in [0.2, 0.25) is 0 Å². The number of nitrogens with one attached hydrogen (secondary N) is 3. The van der Waals surface area contributed by atoms with E-state index in [4.69, 9.17) is 4.74 Å². The Kier molecular flexibility index (Phi) is 7.91. The highest BCUT2D eigenvalue weighted by molar-refractivity contribution is 5.94. The molecule has 0 aliphatic carbocycles. The lowest BCUT2D eigenvalue weighted by atomic mass is 10.1. The summed E-state index contributed by atoms with van der Waals surface area (Å²) in [5.74, 6) is -1.10. The second-order valence-corrected chi connectivity index (χ2v) is 7.64. The predicted molar refractivity (Wildman–Crippen MR) is 111 cm³/mol. The maximum atomic E-state index is 13.2. The van der Waals surface area contributed by atoms with E-state index in [9.17, 15) is 18.8 Å². The van der Waals surface area contributed by atoms with Crippen molar-refractivity contribution in [2.45, 2.75) is 39.3 Å². The molecule has 0 atom stereocenters. The zero-order valence-corrected chi connectivity index (χ0v) is 17.3. The summed E-state index contributed by atoms with van der Waals surface area (Å²) in [4.78, 5) is 35.9. The van der Waals surface area contributed by atoms with Gasteiger partial charge >= 0.3 is 6.09 Å². The van der Waals surface area contributed by atoms with Crippen LogP contribution in [0.5, 0.6) is 0 Å². The molecule has 0 radical (unpaired) electrons. The lowest BCUT2D eigenvalue weighted by Crippen LogP contribution is -2.37. The average Bonchev–Trinajstić information content (AvgIpc) is 2.64. The van der Waals surface area contributed by atoms with Crippen molar-refractivity contribution in [3.63, 3.8) is 0 Å².